The lowest BCUT2D eigenvalue weighted by molar-refractivity contribution is -0.136. The Hall–Kier alpha value is -0.970. The molecule has 0 aliphatic heterocycles. The lowest BCUT2D eigenvalue weighted by Crippen LogP contribution is -1.98. The van der Waals surface area contributed by atoms with E-state index in [0.29, 0.717) is 6.42 Å². The van der Waals surface area contributed by atoms with Crippen LogP contribution in [0.4, 0.5) is 0 Å². The average molecular weight is 186 g/mol. The fourth-order valence-corrected chi connectivity index (χ4v) is 1.63. The first-order chi connectivity index (χ1) is 5.74. The summed E-state index contributed by atoms with van der Waals surface area (Å²) in [6.07, 6.45) is 1.54. The van der Waals surface area contributed by atoms with Gasteiger partial charge in [0, 0.05) is 4.88 Å². The van der Waals surface area contributed by atoms with Crippen LogP contribution in [0.3, 0.4) is 0 Å². The Morgan fingerprint density at radius 2 is 2.42 bits per heavy atom. The van der Waals surface area contributed by atoms with Gasteiger partial charge in [-0.1, -0.05) is 11.4 Å². The van der Waals surface area contributed by atoms with Gasteiger partial charge in [-0.3, -0.25) is 4.79 Å². The van der Waals surface area contributed by atoms with Crippen LogP contribution < -0.4 is 0 Å². The minimum Gasteiger partial charge on any atom is -0.481 e. The average Bonchev–Trinajstić information content (AvgIpc) is 2.47. The van der Waals surface area contributed by atoms with E-state index in [1.807, 2.05) is 6.92 Å². The topological polar surface area (TPSA) is 63.1 Å². The number of hydrogen-bond acceptors (Lipinski definition) is 4. The van der Waals surface area contributed by atoms with Gasteiger partial charge < -0.3 is 5.11 Å². The Kier molecular flexibility index (Phi) is 3.16. The Labute approximate surface area is 74.4 Å². The molecular weight excluding hydrogens is 176 g/mol. The lowest BCUT2D eigenvalue weighted by atomic mass is 10.2. The number of aromatic nitrogens is 2. The van der Waals surface area contributed by atoms with Crippen molar-refractivity contribution in [3.05, 3.63) is 10.6 Å². The molecule has 0 bridgehead atoms. The van der Waals surface area contributed by atoms with E-state index in [0.717, 1.165) is 17.0 Å². The molecule has 1 heterocycles. The summed E-state index contributed by atoms with van der Waals surface area (Å²) in [5.74, 6) is -0.773. The molecule has 0 spiro atoms. The summed E-state index contributed by atoms with van der Waals surface area (Å²) >= 11 is 1.29. The van der Waals surface area contributed by atoms with Crippen molar-refractivity contribution >= 4 is 17.5 Å². The normalized spacial score (nSPS) is 10.1. The standard InChI is InChI=1S/C7H10N2O2S/c1-2-5-6(12-9-8-5)3-4-7(10)11/h2-4H2,1H3,(H,10,11). The first-order valence-electron chi connectivity index (χ1n) is 3.76. The Morgan fingerprint density at radius 3 is 3.00 bits per heavy atom. The predicted octanol–water partition coefficient (Wildman–Crippen LogP) is 1.12. The highest BCUT2D eigenvalue weighted by Gasteiger charge is 2.07. The molecule has 0 saturated heterocycles. The van der Waals surface area contributed by atoms with Gasteiger partial charge in [-0.05, 0) is 24.4 Å². The monoisotopic (exact) mass is 186 g/mol. The van der Waals surface area contributed by atoms with Gasteiger partial charge >= 0.3 is 5.97 Å². The SMILES string of the molecule is CCc1nnsc1CCC(=O)O. The quantitative estimate of drug-likeness (QED) is 0.765. The van der Waals surface area contributed by atoms with Crippen molar-refractivity contribution in [2.45, 2.75) is 26.2 Å². The number of carbonyl (C=O) groups is 1. The number of hydrogen-bond donors (Lipinski definition) is 1. The van der Waals surface area contributed by atoms with E-state index in [-0.39, 0.29) is 6.42 Å². The van der Waals surface area contributed by atoms with Crippen LogP contribution in [0.1, 0.15) is 23.9 Å². The third kappa shape index (κ3) is 2.27. The maximum absolute atomic E-state index is 10.3. The van der Waals surface area contributed by atoms with Crippen LogP contribution in [-0.2, 0) is 17.6 Å². The van der Waals surface area contributed by atoms with Crippen molar-refractivity contribution in [3.63, 3.8) is 0 Å². The summed E-state index contributed by atoms with van der Waals surface area (Å²) in [6, 6.07) is 0. The zero-order chi connectivity index (χ0) is 8.97. The van der Waals surface area contributed by atoms with E-state index < -0.39 is 5.97 Å². The van der Waals surface area contributed by atoms with E-state index >= 15 is 0 Å². The molecule has 1 rings (SSSR count). The summed E-state index contributed by atoms with van der Waals surface area (Å²) in [6.45, 7) is 1.99. The molecule has 0 aliphatic carbocycles. The largest absolute Gasteiger partial charge is 0.481 e. The Morgan fingerprint density at radius 1 is 1.67 bits per heavy atom. The number of aliphatic carboxylic acids is 1. The maximum Gasteiger partial charge on any atom is 0.303 e. The van der Waals surface area contributed by atoms with Crippen molar-refractivity contribution in [3.8, 4) is 0 Å². The van der Waals surface area contributed by atoms with Crippen LogP contribution in [0.25, 0.3) is 0 Å². The molecule has 0 radical (unpaired) electrons. The van der Waals surface area contributed by atoms with Crippen LogP contribution in [0, 0.1) is 0 Å². The molecule has 0 aliphatic rings. The summed E-state index contributed by atoms with van der Waals surface area (Å²) < 4.78 is 3.77. The second-order valence-corrected chi connectivity index (χ2v) is 3.23. The highest BCUT2D eigenvalue weighted by atomic mass is 32.1. The van der Waals surface area contributed by atoms with E-state index in [9.17, 15) is 4.79 Å². The molecule has 66 valence electrons. The number of aryl methyl sites for hydroxylation is 2. The summed E-state index contributed by atoms with van der Waals surface area (Å²) in [4.78, 5) is 11.3. The van der Waals surface area contributed by atoms with E-state index in [2.05, 4.69) is 9.59 Å². The van der Waals surface area contributed by atoms with Crippen LogP contribution >= 0.6 is 11.5 Å². The summed E-state index contributed by atoms with van der Waals surface area (Å²) in [5.41, 5.74) is 0.932. The van der Waals surface area contributed by atoms with Crippen molar-refractivity contribution in [2.75, 3.05) is 0 Å². The van der Waals surface area contributed by atoms with Gasteiger partial charge in [0.1, 0.15) is 0 Å². The van der Waals surface area contributed by atoms with Crippen LogP contribution in [0.2, 0.25) is 0 Å². The molecule has 0 amide bonds. The fraction of sp³-hybridized carbons (Fsp3) is 0.571. The Bertz CT molecular complexity index is 272. The van der Waals surface area contributed by atoms with E-state index in [1.54, 1.807) is 0 Å². The second kappa shape index (κ2) is 4.15. The first-order valence-corrected chi connectivity index (χ1v) is 4.53. The second-order valence-electron chi connectivity index (χ2n) is 2.39. The number of carboxylic acids is 1. The van der Waals surface area contributed by atoms with Gasteiger partial charge in [0.05, 0.1) is 12.1 Å². The molecule has 0 atom stereocenters. The molecule has 0 saturated carbocycles. The van der Waals surface area contributed by atoms with Crippen LogP contribution in [-0.4, -0.2) is 20.7 Å². The third-order valence-electron chi connectivity index (χ3n) is 1.54. The zero-order valence-electron chi connectivity index (χ0n) is 6.78. The van der Waals surface area contributed by atoms with Gasteiger partial charge in [0.15, 0.2) is 0 Å². The lowest BCUT2D eigenvalue weighted by Gasteiger charge is -1.93. The molecule has 0 fully saturated rings. The van der Waals surface area contributed by atoms with Crippen molar-refractivity contribution in [1.82, 2.24) is 9.59 Å². The molecule has 5 heteroatoms. The van der Waals surface area contributed by atoms with Gasteiger partial charge in [-0.15, -0.1) is 5.10 Å². The number of nitrogens with zero attached hydrogens (tertiary/aromatic N) is 2. The third-order valence-corrected chi connectivity index (χ3v) is 2.36. The Balaban J connectivity index is 2.56. The predicted molar refractivity (Wildman–Crippen MR) is 45.2 cm³/mol. The minimum absolute atomic E-state index is 0.164. The maximum atomic E-state index is 10.3. The number of carboxylic acid groups (broad SMARTS) is 1. The molecule has 12 heavy (non-hydrogen) atoms. The van der Waals surface area contributed by atoms with Gasteiger partial charge in [-0.25, -0.2) is 0 Å². The van der Waals surface area contributed by atoms with Crippen molar-refractivity contribution in [1.29, 1.82) is 0 Å². The van der Waals surface area contributed by atoms with Crippen LogP contribution in [0.15, 0.2) is 0 Å². The smallest absolute Gasteiger partial charge is 0.303 e. The highest BCUT2D eigenvalue weighted by Crippen LogP contribution is 2.13. The fourth-order valence-electron chi connectivity index (χ4n) is 0.906. The van der Waals surface area contributed by atoms with E-state index in [1.165, 1.54) is 11.5 Å². The van der Waals surface area contributed by atoms with E-state index in [4.69, 9.17) is 5.11 Å². The van der Waals surface area contributed by atoms with Crippen LogP contribution in [0.5, 0.6) is 0 Å². The minimum atomic E-state index is -0.773. The number of rotatable bonds is 4. The molecular formula is C7H10N2O2S. The molecule has 4 nitrogen and oxygen atoms in total. The molecule has 0 aromatic carbocycles. The molecule has 0 unspecified atom stereocenters. The first kappa shape index (κ1) is 9.12. The molecule has 1 aromatic heterocycles. The zero-order valence-corrected chi connectivity index (χ0v) is 7.60. The van der Waals surface area contributed by atoms with Gasteiger partial charge in [0.25, 0.3) is 0 Å². The van der Waals surface area contributed by atoms with Gasteiger partial charge in [-0.2, -0.15) is 0 Å². The van der Waals surface area contributed by atoms with Gasteiger partial charge in [0.2, 0.25) is 0 Å². The molecule has 1 N–H and O–H groups in total. The van der Waals surface area contributed by atoms with Crippen molar-refractivity contribution < 1.29 is 9.90 Å². The summed E-state index contributed by atoms with van der Waals surface area (Å²) in [5, 5.41) is 12.3. The highest BCUT2D eigenvalue weighted by molar-refractivity contribution is 7.05. The summed E-state index contributed by atoms with van der Waals surface area (Å²) in [7, 11) is 0. The molecule has 1 aromatic rings. The van der Waals surface area contributed by atoms with Crippen molar-refractivity contribution in [2.24, 2.45) is 0 Å².